The Morgan fingerprint density at radius 1 is 1.24 bits per heavy atom. The first kappa shape index (κ1) is 25.7. The number of halogens is 1. The smallest absolute Gasteiger partial charge is 0.242 e. The number of carbonyl (C=O) groups excluding carboxylic acids is 1. The molecule has 0 aliphatic carbocycles. The van der Waals surface area contributed by atoms with Crippen LogP contribution in [0.3, 0.4) is 0 Å². The summed E-state index contributed by atoms with van der Waals surface area (Å²) < 4.78 is 5.93. The molecule has 0 spiro atoms. The van der Waals surface area contributed by atoms with Crippen molar-refractivity contribution < 1.29 is 9.21 Å². The van der Waals surface area contributed by atoms with Gasteiger partial charge < -0.3 is 19.5 Å². The number of nitrogens with zero attached hydrogens (tertiary/aromatic N) is 4. The van der Waals surface area contributed by atoms with Gasteiger partial charge in [0.25, 0.3) is 0 Å². The highest BCUT2D eigenvalue weighted by atomic mass is 127. The summed E-state index contributed by atoms with van der Waals surface area (Å²) in [4.78, 5) is 23.6. The molecule has 2 heterocycles. The molecular weight excluding hydrogens is 481 g/mol. The summed E-state index contributed by atoms with van der Waals surface area (Å²) in [6.45, 7) is 13.3. The van der Waals surface area contributed by atoms with Gasteiger partial charge in [-0.15, -0.1) is 24.0 Å². The Hall–Kier alpha value is -1.29. The van der Waals surface area contributed by atoms with E-state index in [1.165, 1.54) is 12.8 Å². The highest BCUT2D eigenvalue weighted by molar-refractivity contribution is 14.0. The number of carbonyl (C=O) groups is 1. The minimum absolute atomic E-state index is 0. The van der Waals surface area contributed by atoms with E-state index in [1.807, 2.05) is 50.6 Å². The predicted octanol–water partition coefficient (Wildman–Crippen LogP) is 3.11. The number of likely N-dealkylation sites (tertiary alicyclic amines) is 1. The van der Waals surface area contributed by atoms with Gasteiger partial charge >= 0.3 is 0 Å². The monoisotopic (exact) mass is 519 g/mol. The Bertz CT molecular complexity index is 639. The van der Waals surface area contributed by atoms with Gasteiger partial charge in [-0.05, 0) is 65.8 Å². The van der Waals surface area contributed by atoms with Crippen molar-refractivity contribution in [2.75, 3.05) is 52.9 Å². The Kier molecular flexibility index (Phi) is 11.6. The second kappa shape index (κ2) is 13.1. The fourth-order valence-corrected chi connectivity index (χ4v) is 3.67. The molecule has 29 heavy (non-hydrogen) atoms. The molecule has 7 nitrogen and oxygen atoms in total. The summed E-state index contributed by atoms with van der Waals surface area (Å²) in [5, 5.41) is 3.32. The molecule has 1 N–H and O–H groups in total. The maximum atomic E-state index is 12.5. The molecule has 1 amide bonds. The minimum Gasteiger partial charge on any atom is -0.465 e. The standard InChI is InChI=1S/C21H37N5O2.HI/c1-6-22-21(24(5)16-20(27)25(7-2)8-3)23-15-18(26-13-9-10-14-26)19-12-11-17(4)28-19;/h11-12,18H,6-10,13-16H2,1-5H3,(H,22,23);1H. The van der Waals surface area contributed by atoms with E-state index < -0.39 is 0 Å². The highest BCUT2D eigenvalue weighted by Gasteiger charge is 2.26. The number of likely N-dealkylation sites (N-methyl/N-ethyl adjacent to an activating group) is 2. The normalized spacial score (nSPS) is 15.7. The molecule has 8 heteroatoms. The van der Waals surface area contributed by atoms with E-state index >= 15 is 0 Å². The molecule has 1 aliphatic heterocycles. The third-order valence-corrected chi connectivity index (χ3v) is 5.27. The second-order valence-electron chi connectivity index (χ2n) is 7.32. The fourth-order valence-electron chi connectivity index (χ4n) is 3.67. The molecule has 1 atom stereocenters. The first-order valence-electron chi connectivity index (χ1n) is 10.6. The summed E-state index contributed by atoms with van der Waals surface area (Å²) in [5.41, 5.74) is 0. The zero-order chi connectivity index (χ0) is 20.5. The summed E-state index contributed by atoms with van der Waals surface area (Å²) >= 11 is 0. The summed E-state index contributed by atoms with van der Waals surface area (Å²) in [6.07, 6.45) is 2.44. The van der Waals surface area contributed by atoms with Crippen molar-refractivity contribution in [1.82, 2.24) is 20.0 Å². The number of aryl methyl sites for hydroxylation is 1. The average molecular weight is 519 g/mol. The topological polar surface area (TPSA) is 64.3 Å². The Morgan fingerprint density at radius 3 is 2.41 bits per heavy atom. The molecule has 1 aromatic rings. The summed E-state index contributed by atoms with van der Waals surface area (Å²) in [5.74, 6) is 2.78. The van der Waals surface area contributed by atoms with Crippen LogP contribution in [0.25, 0.3) is 0 Å². The lowest BCUT2D eigenvalue weighted by Crippen LogP contribution is -2.46. The molecule has 2 rings (SSSR count). The highest BCUT2D eigenvalue weighted by Crippen LogP contribution is 2.27. The number of rotatable bonds is 9. The number of guanidine groups is 1. The lowest BCUT2D eigenvalue weighted by Gasteiger charge is -2.27. The molecule has 0 bridgehead atoms. The van der Waals surface area contributed by atoms with E-state index in [-0.39, 0.29) is 35.9 Å². The van der Waals surface area contributed by atoms with Gasteiger partial charge in [0.05, 0.1) is 19.1 Å². The maximum Gasteiger partial charge on any atom is 0.242 e. The minimum atomic E-state index is 0. The van der Waals surface area contributed by atoms with E-state index in [9.17, 15) is 4.79 Å². The number of nitrogens with one attached hydrogen (secondary N) is 1. The molecule has 1 aliphatic rings. The largest absolute Gasteiger partial charge is 0.465 e. The van der Waals surface area contributed by atoms with Crippen molar-refractivity contribution in [2.24, 2.45) is 4.99 Å². The van der Waals surface area contributed by atoms with Gasteiger partial charge in [-0.1, -0.05) is 0 Å². The van der Waals surface area contributed by atoms with Gasteiger partial charge in [0, 0.05) is 26.7 Å². The number of aliphatic imine (C=N–C) groups is 1. The molecule has 1 aromatic heterocycles. The van der Waals surface area contributed by atoms with E-state index in [4.69, 9.17) is 9.41 Å². The number of amides is 1. The molecule has 0 radical (unpaired) electrons. The van der Waals surface area contributed by atoms with Crippen LogP contribution in [-0.2, 0) is 4.79 Å². The van der Waals surface area contributed by atoms with Crippen molar-refractivity contribution in [3.8, 4) is 0 Å². The molecule has 0 aromatic carbocycles. The van der Waals surface area contributed by atoms with Crippen molar-refractivity contribution in [2.45, 2.75) is 46.6 Å². The number of hydrogen-bond acceptors (Lipinski definition) is 4. The first-order chi connectivity index (χ1) is 13.5. The van der Waals surface area contributed by atoms with Crippen molar-refractivity contribution in [1.29, 1.82) is 0 Å². The third kappa shape index (κ3) is 7.47. The van der Waals surface area contributed by atoms with E-state index in [2.05, 4.69) is 16.3 Å². The molecular formula is C21H38IN5O2. The zero-order valence-corrected chi connectivity index (χ0v) is 20.9. The lowest BCUT2D eigenvalue weighted by atomic mass is 10.2. The van der Waals surface area contributed by atoms with Gasteiger partial charge in [-0.2, -0.15) is 0 Å². The van der Waals surface area contributed by atoms with Crippen LogP contribution in [0.1, 0.15) is 51.2 Å². The Balaban J connectivity index is 0.00000420. The van der Waals surface area contributed by atoms with Gasteiger partial charge in [-0.3, -0.25) is 14.7 Å². The molecule has 1 fully saturated rings. The SMILES string of the molecule is CCNC(=NCC(c1ccc(C)o1)N1CCCC1)N(C)CC(=O)N(CC)CC.I. The fraction of sp³-hybridized carbons (Fsp3) is 0.714. The molecule has 1 unspecified atom stereocenters. The van der Waals surface area contributed by atoms with Crippen LogP contribution in [0.2, 0.25) is 0 Å². The van der Waals surface area contributed by atoms with Crippen molar-refractivity contribution >= 4 is 35.8 Å². The van der Waals surface area contributed by atoms with Crippen LogP contribution < -0.4 is 5.32 Å². The quantitative estimate of drug-likeness (QED) is 0.309. The van der Waals surface area contributed by atoms with Crippen molar-refractivity contribution in [3.05, 3.63) is 23.7 Å². The van der Waals surface area contributed by atoms with Crippen LogP contribution in [0, 0.1) is 6.92 Å². The van der Waals surface area contributed by atoms with Gasteiger partial charge in [-0.25, -0.2) is 0 Å². The third-order valence-electron chi connectivity index (χ3n) is 5.27. The van der Waals surface area contributed by atoms with Gasteiger partial charge in [0.2, 0.25) is 5.91 Å². The van der Waals surface area contributed by atoms with E-state index in [0.29, 0.717) is 13.1 Å². The lowest BCUT2D eigenvalue weighted by molar-refractivity contribution is -0.131. The first-order valence-corrected chi connectivity index (χ1v) is 10.6. The van der Waals surface area contributed by atoms with Crippen LogP contribution >= 0.6 is 24.0 Å². The summed E-state index contributed by atoms with van der Waals surface area (Å²) in [6, 6.07) is 4.22. The number of furan rings is 1. The Morgan fingerprint density at radius 2 is 1.90 bits per heavy atom. The second-order valence-corrected chi connectivity index (χ2v) is 7.32. The van der Waals surface area contributed by atoms with Gasteiger partial charge in [0.15, 0.2) is 5.96 Å². The predicted molar refractivity (Wildman–Crippen MR) is 129 cm³/mol. The van der Waals surface area contributed by atoms with E-state index in [0.717, 1.165) is 50.2 Å². The number of hydrogen-bond donors (Lipinski definition) is 1. The molecule has 166 valence electrons. The molecule has 0 saturated carbocycles. The van der Waals surface area contributed by atoms with Crippen LogP contribution in [0.15, 0.2) is 21.5 Å². The zero-order valence-electron chi connectivity index (χ0n) is 18.6. The summed E-state index contributed by atoms with van der Waals surface area (Å²) in [7, 11) is 1.92. The van der Waals surface area contributed by atoms with Crippen LogP contribution in [0.4, 0.5) is 0 Å². The van der Waals surface area contributed by atoms with Crippen molar-refractivity contribution in [3.63, 3.8) is 0 Å². The van der Waals surface area contributed by atoms with Crippen LogP contribution in [0.5, 0.6) is 0 Å². The maximum absolute atomic E-state index is 12.5. The van der Waals surface area contributed by atoms with Crippen LogP contribution in [-0.4, -0.2) is 79.4 Å². The van der Waals surface area contributed by atoms with Gasteiger partial charge in [0.1, 0.15) is 11.5 Å². The van der Waals surface area contributed by atoms with E-state index in [1.54, 1.807) is 0 Å². The average Bonchev–Trinajstić information content (AvgIpc) is 3.34. The molecule has 1 saturated heterocycles. The Labute approximate surface area is 192 Å².